The van der Waals surface area contributed by atoms with Crippen molar-refractivity contribution in [3.63, 3.8) is 0 Å². The number of nitrogens with one attached hydrogen (secondary N) is 1. The second-order valence-electron chi connectivity index (χ2n) is 7.12. The van der Waals surface area contributed by atoms with Gasteiger partial charge in [-0.25, -0.2) is 0 Å². The monoisotopic (exact) mass is 404 g/mol. The van der Waals surface area contributed by atoms with E-state index in [4.69, 9.17) is 4.74 Å². The molecule has 0 bridgehead atoms. The van der Waals surface area contributed by atoms with Gasteiger partial charge < -0.3 is 15.0 Å². The van der Waals surface area contributed by atoms with E-state index in [9.17, 15) is 22.8 Å². The maximum Gasteiger partial charge on any atom is 0.416 e. The van der Waals surface area contributed by atoms with Gasteiger partial charge in [0.05, 0.1) is 5.56 Å². The Balaban J connectivity index is 1.53. The highest BCUT2D eigenvalue weighted by Crippen LogP contribution is 2.33. The molecule has 8 heteroatoms. The fourth-order valence-corrected chi connectivity index (χ4v) is 3.67. The normalized spacial score (nSPS) is 18.6. The number of alkyl halides is 3. The van der Waals surface area contributed by atoms with Gasteiger partial charge in [-0.15, -0.1) is 0 Å². The topological polar surface area (TPSA) is 58.6 Å². The first-order valence-corrected chi connectivity index (χ1v) is 9.37. The predicted molar refractivity (Wildman–Crippen MR) is 101 cm³/mol. The first-order valence-electron chi connectivity index (χ1n) is 9.37. The van der Waals surface area contributed by atoms with Crippen molar-refractivity contribution >= 4 is 23.2 Å². The number of benzene rings is 2. The number of amides is 2. The number of carbonyl (C=O) groups excluding carboxylic acids is 2. The van der Waals surface area contributed by atoms with Crippen LogP contribution >= 0.6 is 0 Å². The molecule has 1 saturated heterocycles. The number of ether oxygens (including phenoxy) is 1. The summed E-state index contributed by atoms with van der Waals surface area (Å²) in [5, 5.41) is 2.62. The Morgan fingerprint density at radius 1 is 1.14 bits per heavy atom. The van der Waals surface area contributed by atoms with Crippen LogP contribution in [0, 0.1) is 0 Å². The summed E-state index contributed by atoms with van der Waals surface area (Å²) in [6.07, 6.45) is -2.71. The van der Waals surface area contributed by atoms with Crippen molar-refractivity contribution in [2.75, 3.05) is 23.4 Å². The second-order valence-corrected chi connectivity index (χ2v) is 7.12. The van der Waals surface area contributed by atoms with Crippen molar-refractivity contribution in [2.45, 2.75) is 31.5 Å². The fourth-order valence-electron chi connectivity index (χ4n) is 3.67. The fraction of sp³-hybridized carbons (Fsp3) is 0.333. The van der Waals surface area contributed by atoms with Crippen LogP contribution in [0.3, 0.4) is 0 Å². The molecule has 2 aromatic rings. The van der Waals surface area contributed by atoms with Gasteiger partial charge in [0.25, 0.3) is 11.8 Å². The van der Waals surface area contributed by atoms with Crippen molar-refractivity contribution in [3.8, 4) is 0 Å². The molecular weight excluding hydrogens is 385 g/mol. The van der Waals surface area contributed by atoms with Gasteiger partial charge in [0.1, 0.15) is 6.10 Å². The highest BCUT2D eigenvalue weighted by molar-refractivity contribution is 6.05. The summed E-state index contributed by atoms with van der Waals surface area (Å²) in [4.78, 5) is 26.8. The van der Waals surface area contributed by atoms with Gasteiger partial charge in [0.15, 0.2) is 0 Å². The molecule has 2 amide bonds. The van der Waals surface area contributed by atoms with Crippen molar-refractivity contribution < 1.29 is 27.5 Å². The summed E-state index contributed by atoms with van der Waals surface area (Å²) >= 11 is 0. The van der Waals surface area contributed by atoms with Crippen LogP contribution in [-0.4, -0.2) is 31.1 Å². The Labute approximate surface area is 165 Å². The summed E-state index contributed by atoms with van der Waals surface area (Å²) in [7, 11) is 0. The van der Waals surface area contributed by atoms with Crippen molar-refractivity contribution in [1.82, 2.24) is 0 Å². The number of hydrogen-bond donors (Lipinski definition) is 1. The molecule has 0 spiro atoms. The van der Waals surface area contributed by atoms with Crippen LogP contribution in [0.5, 0.6) is 0 Å². The summed E-state index contributed by atoms with van der Waals surface area (Å²) in [5.74, 6) is -0.742. The zero-order valence-electron chi connectivity index (χ0n) is 15.5. The van der Waals surface area contributed by atoms with E-state index in [1.807, 2.05) is 6.07 Å². The van der Waals surface area contributed by atoms with Gasteiger partial charge in [0.2, 0.25) is 0 Å². The minimum absolute atomic E-state index is 0.0902. The van der Waals surface area contributed by atoms with Crippen molar-refractivity contribution in [3.05, 3.63) is 59.2 Å². The molecule has 2 heterocycles. The molecule has 2 aliphatic heterocycles. The minimum atomic E-state index is -4.52. The molecule has 0 aromatic heterocycles. The van der Waals surface area contributed by atoms with Crippen LogP contribution in [0.15, 0.2) is 42.5 Å². The first kappa shape index (κ1) is 19.4. The van der Waals surface area contributed by atoms with E-state index in [1.54, 1.807) is 17.0 Å². The zero-order valence-corrected chi connectivity index (χ0v) is 15.5. The number of hydrogen-bond acceptors (Lipinski definition) is 3. The molecular formula is C21H19F3N2O3. The van der Waals surface area contributed by atoms with Crippen LogP contribution < -0.4 is 10.2 Å². The Kier molecular flexibility index (Phi) is 5.04. The smallest absolute Gasteiger partial charge is 0.368 e. The third kappa shape index (κ3) is 3.98. The van der Waals surface area contributed by atoms with Gasteiger partial charge in [-0.05, 0) is 55.2 Å². The molecule has 0 aliphatic carbocycles. The third-order valence-electron chi connectivity index (χ3n) is 5.16. The van der Waals surface area contributed by atoms with Crippen LogP contribution in [0.2, 0.25) is 0 Å². The Morgan fingerprint density at radius 2 is 1.97 bits per heavy atom. The Hall–Kier alpha value is -2.87. The summed E-state index contributed by atoms with van der Waals surface area (Å²) < 4.78 is 44.1. The minimum Gasteiger partial charge on any atom is -0.368 e. The van der Waals surface area contributed by atoms with Gasteiger partial charge in [-0.1, -0.05) is 12.1 Å². The zero-order chi connectivity index (χ0) is 20.6. The molecule has 0 saturated carbocycles. The molecule has 152 valence electrons. The quantitative estimate of drug-likeness (QED) is 0.841. The summed E-state index contributed by atoms with van der Waals surface area (Å²) in [6, 6.07) is 9.44. The van der Waals surface area contributed by atoms with E-state index in [0.29, 0.717) is 37.4 Å². The molecule has 4 rings (SSSR count). The lowest BCUT2D eigenvalue weighted by Gasteiger charge is -2.21. The number of halogens is 3. The van der Waals surface area contributed by atoms with E-state index in [2.05, 4.69) is 5.32 Å². The van der Waals surface area contributed by atoms with Crippen LogP contribution in [0.25, 0.3) is 0 Å². The lowest BCUT2D eigenvalue weighted by molar-refractivity contribution is -0.137. The average Bonchev–Trinajstić information content (AvgIpc) is 3.37. The van der Waals surface area contributed by atoms with Gasteiger partial charge in [-0.3, -0.25) is 9.59 Å². The lowest BCUT2D eigenvalue weighted by Crippen LogP contribution is -2.37. The first-order chi connectivity index (χ1) is 13.8. The third-order valence-corrected chi connectivity index (χ3v) is 5.16. The number of fused-ring (bicyclic) bond motifs is 1. The molecule has 1 atom stereocenters. The summed E-state index contributed by atoms with van der Waals surface area (Å²) in [5.41, 5.74) is 1.12. The van der Waals surface area contributed by atoms with E-state index in [0.717, 1.165) is 24.1 Å². The van der Waals surface area contributed by atoms with Crippen LogP contribution in [0.4, 0.5) is 24.5 Å². The molecule has 2 aliphatic rings. The van der Waals surface area contributed by atoms with E-state index in [1.165, 1.54) is 12.1 Å². The molecule has 29 heavy (non-hydrogen) atoms. The average molecular weight is 404 g/mol. The van der Waals surface area contributed by atoms with E-state index >= 15 is 0 Å². The van der Waals surface area contributed by atoms with E-state index < -0.39 is 23.8 Å². The van der Waals surface area contributed by atoms with E-state index in [-0.39, 0.29) is 11.5 Å². The highest BCUT2D eigenvalue weighted by Gasteiger charge is 2.33. The van der Waals surface area contributed by atoms with Crippen molar-refractivity contribution in [2.24, 2.45) is 0 Å². The molecule has 1 fully saturated rings. The number of nitrogens with zero attached hydrogens (tertiary/aromatic N) is 1. The Morgan fingerprint density at radius 3 is 2.69 bits per heavy atom. The maximum atomic E-state index is 12.9. The number of rotatable bonds is 3. The lowest BCUT2D eigenvalue weighted by atomic mass is 10.1. The van der Waals surface area contributed by atoms with Gasteiger partial charge in [0, 0.05) is 30.1 Å². The second kappa shape index (κ2) is 7.51. The SMILES string of the molecule is O=C(Nc1ccc2c(c1)N(C(=O)C1CCCO1)CC2)c1cccc(C(F)(F)F)c1. The molecule has 5 nitrogen and oxygen atoms in total. The predicted octanol–water partition coefficient (Wildman–Crippen LogP) is 4.03. The van der Waals surface area contributed by atoms with Crippen molar-refractivity contribution in [1.29, 1.82) is 0 Å². The standard InChI is InChI=1S/C21H19F3N2O3/c22-21(23,24)15-4-1-3-14(11-15)19(27)25-16-7-6-13-8-9-26(17(13)12-16)20(28)18-5-2-10-29-18/h1,3-4,6-7,11-12,18H,2,5,8-10H2,(H,25,27). The largest absolute Gasteiger partial charge is 0.416 e. The highest BCUT2D eigenvalue weighted by atomic mass is 19.4. The van der Waals surface area contributed by atoms with Gasteiger partial charge >= 0.3 is 6.18 Å². The summed E-state index contributed by atoms with van der Waals surface area (Å²) in [6.45, 7) is 1.11. The number of carbonyl (C=O) groups is 2. The Bertz CT molecular complexity index is 952. The van der Waals surface area contributed by atoms with Crippen LogP contribution in [-0.2, 0) is 22.1 Å². The molecule has 0 radical (unpaired) electrons. The molecule has 1 unspecified atom stereocenters. The van der Waals surface area contributed by atoms with Crippen LogP contribution in [0.1, 0.15) is 34.3 Å². The number of anilines is 2. The van der Waals surface area contributed by atoms with Gasteiger partial charge in [-0.2, -0.15) is 13.2 Å². The molecule has 1 N–H and O–H groups in total. The molecule has 2 aromatic carbocycles. The maximum absolute atomic E-state index is 12.9.